The maximum absolute atomic E-state index is 14.6. The first-order valence-electron chi connectivity index (χ1n) is 13.0. The highest BCUT2D eigenvalue weighted by Gasteiger charge is 2.86. The van der Waals surface area contributed by atoms with Crippen molar-refractivity contribution < 1.29 is 52.1 Å². The highest BCUT2D eigenvalue weighted by molar-refractivity contribution is 7.88. The lowest BCUT2D eigenvalue weighted by atomic mass is 9.90. The Kier molecular flexibility index (Phi) is 6.77. The molecule has 0 fully saturated rings. The first-order valence-corrected chi connectivity index (χ1v) is 14.4. The normalized spacial score (nSPS) is 13.6. The average Bonchev–Trinajstić information content (AvgIpc) is 3.00. The van der Waals surface area contributed by atoms with Crippen LogP contribution in [0.2, 0.25) is 0 Å². The van der Waals surface area contributed by atoms with E-state index in [-0.39, 0.29) is 16.5 Å². The second-order valence-corrected chi connectivity index (χ2v) is 11.8. The fourth-order valence-electron chi connectivity index (χ4n) is 5.37. The zero-order chi connectivity index (χ0) is 32.6. The number of benzene rings is 6. The molecule has 6 aromatic rings. The van der Waals surface area contributed by atoms with Crippen molar-refractivity contribution in [3.05, 3.63) is 103 Å². The lowest BCUT2D eigenvalue weighted by molar-refractivity contribution is -0.382. The summed E-state index contributed by atoms with van der Waals surface area (Å²) in [6.45, 7) is 0. The lowest BCUT2D eigenvalue weighted by Crippen LogP contribution is -2.63. The lowest BCUT2D eigenvalue weighted by Gasteiger charge is -2.32. The van der Waals surface area contributed by atoms with Crippen molar-refractivity contribution in [1.82, 2.24) is 0 Å². The van der Waals surface area contributed by atoms with E-state index in [0.717, 1.165) is 33.0 Å². The number of alkyl halides is 9. The van der Waals surface area contributed by atoms with Crippen molar-refractivity contribution in [2.45, 2.75) is 23.3 Å². The van der Waals surface area contributed by atoms with Gasteiger partial charge in [-0.25, -0.2) is 0 Å². The molecule has 6 aromatic carbocycles. The average molecular weight is 653 g/mol. The summed E-state index contributed by atoms with van der Waals surface area (Å²) in [5.41, 5.74) is -0.0573. The van der Waals surface area contributed by atoms with Gasteiger partial charge in [-0.05, 0) is 60.8 Å². The Morgan fingerprint density at radius 1 is 0.489 bits per heavy atom. The molecule has 0 saturated heterocycles. The third-order valence-electron chi connectivity index (χ3n) is 7.55. The molecule has 0 bridgehead atoms. The smallest absolute Gasteiger partial charge is 0.377 e. The van der Waals surface area contributed by atoms with Crippen molar-refractivity contribution in [1.29, 1.82) is 0 Å². The van der Waals surface area contributed by atoms with Gasteiger partial charge in [-0.1, -0.05) is 91.0 Å². The standard InChI is InChI=1S/C32H17F9O3S/c33-29(34,31(37,38)39)30(35,36)32(40,41)45(42,43)44-27-16-14-18-7-1-2-8-20(18)28(27)19-13-15-25-23-11-4-3-9-21(23)22-10-5-6-12-24(22)26(25)17-19/h1-17H. The van der Waals surface area contributed by atoms with Crippen LogP contribution < -0.4 is 4.18 Å². The van der Waals surface area contributed by atoms with E-state index in [9.17, 15) is 47.9 Å². The van der Waals surface area contributed by atoms with Gasteiger partial charge in [0, 0.05) is 5.56 Å². The van der Waals surface area contributed by atoms with Crippen molar-refractivity contribution in [3.8, 4) is 16.9 Å². The molecule has 0 unspecified atom stereocenters. The SMILES string of the molecule is O=S(=O)(Oc1ccc2ccccc2c1-c1ccc2c3ccccc3c3ccccc3c2c1)C(F)(F)C(F)(F)C(F)(F)C(F)(F)F. The van der Waals surface area contributed by atoms with Crippen LogP contribution in [-0.2, 0) is 10.1 Å². The van der Waals surface area contributed by atoms with Gasteiger partial charge in [0.2, 0.25) is 0 Å². The summed E-state index contributed by atoms with van der Waals surface area (Å²) in [4.78, 5) is 0. The summed E-state index contributed by atoms with van der Waals surface area (Å²) in [6, 6.07) is 27.7. The van der Waals surface area contributed by atoms with Crippen LogP contribution in [0.1, 0.15) is 0 Å². The van der Waals surface area contributed by atoms with Gasteiger partial charge in [-0.3, -0.25) is 0 Å². The summed E-state index contributed by atoms with van der Waals surface area (Å²) in [5, 5.41) is -1.65. The molecular weight excluding hydrogens is 635 g/mol. The van der Waals surface area contributed by atoms with Gasteiger partial charge in [0.25, 0.3) is 0 Å². The molecule has 0 aliphatic rings. The van der Waals surface area contributed by atoms with Crippen LogP contribution >= 0.6 is 0 Å². The van der Waals surface area contributed by atoms with Crippen LogP contribution in [0.15, 0.2) is 103 Å². The molecule has 0 saturated carbocycles. The van der Waals surface area contributed by atoms with Gasteiger partial charge in [-0.2, -0.15) is 47.9 Å². The van der Waals surface area contributed by atoms with Gasteiger partial charge in [-0.15, -0.1) is 0 Å². The first-order chi connectivity index (χ1) is 21.0. The maximum Gasteiger partial charge on any atom is 0.460 e. The zero-order valence-electron chi connectivity index (χ0n) is 22.3. The fourth-order valence-corrected chi connectivity index (χ4v) is 6.29. The molecule has 6 rings (SSSR count). The monoisotopic (exact) mass is 652 g/mol. The molecule has 0 N–H and O–H groups in total. The van der Waals surface area contributed by atoms with E-state index in [0.29, 0.717) is 10.8 Å². The van der Waals surface area contributed by atoms with E-state index in [1.165, 1.54) is 24.3 Å². The van der Waals surface area contributed by atoms with Crippen LogP contribution in [0.25, 0.3) is 54.2 Å². The molecular formula is C32H17F9O3S. The van der Waals surface area contributed by atoms with Crippen LogP contribution in [0.3, 0.4) is 0 Å². The molecule has 0 atom stereocenters. The third-order valence-corrected chi connectivity index (χ3v) is 8.84. The van der Waals surface area contributed by atoms with Crippen molar-refractivity contribution in [3.63, 3.8) is 0 Å². The molecule has 3 nitrogen and oxygen atoms in total. The van der Waals surface area contributed by atoms with E-state index in [2.05, 4.69) is 4.18 Å². The fraction of sp³-hybridized carbons (Fsp3) is 0.125. The molecule has 232 valence electrons. The molecule has 0 aliphatic carbocycles. The Morgan fingerprint density at radius 2 is 0.956 bits per heavy atom. The van der Waals surface area contributed by atoms with Crippen LogP contribution in [-0.4, -0.2) is 31.7 Å². The summed E-state index contributed by atoms with van der Waals surface area (Å²) < 4.78 is 152. The molecule has 0 spiro atoms. The minimum atomic E-state index is -7.43. The van der Waals surface area contributed by atoms with Gasteiger partial charge in [0.1, 0.15) is 0 Å². The molecule has 45 heavy (non-hydrogen) atoms. The molecule has 13 heteroatoms. The quantitative estimate of drug-likeness (QED) is 0.102. The predicted molar refractivity (Wildman–Crippen MR) is 152 cm³/mol. The summed E-state index contributed by atoms with van der Waals surface area (Å²) in [7, 11) is -7.18. The number of halogens is 9. The van der Waals surface area contributed by atoms with E-state index >= 15 is 0 Å². The van der Waals surface area contributed by atoms with Gasteiger partial charge < -0.3 is 4.18 Å². The number of hydrogen-bond donors (Lipinski definition) is 0. The molecule has 0 amide bonds. The van der Waals surface area contributed by atoms with Crippen LogP contribution in [0.4, 0.5) is 39.5 Å². The number of rotatable bonds is 6. The summed E-state index contributed by atoms with van der Waals surface area (Å²) >= 11 is 0. The Labute approximate surface area is 248 Å². The van der Waals surface area contributed by atoms with Crippen molar-refractivity contribution >= 4 is 53.2 Å². The third kappa shape index (κ3) is 4.46. The molecule has 0 radical (unpaired) electrons. The van der Waals surface area contributed by atoms with E-state index in [1.807, 2.05) is 42.5 Å². The second kappa shape index (κ2) is 9.99. The second-order valence-electron chi connectivity index (χ2n) is 10.2. The van der Waals surface area contributed by atoms with E-state index in [1.54, 1.807) is 30.3 Å². The maximum atomic E-state index is 14.6. The Hall–Kier alpha value is -4.52. The summed E-state index contributed by atoms with van der Waals surface area (Å²) in [6.07, 6.45) is -7.21. The predicted octanol–water partition coefficient (Wildman–Crippen LogP) is 10.1. The van der Waals surface area contributed by atoms with Crippen LogP contribution in [0, 0.1) is 0 Å². The topological polar surface area (TPSA) is 43.4 Å². The van der Waals surface area contributed by atoms with Gasteiger partial charge in [0.15, 0.2) is 5.75 Å². The Balaban J connectivity index is 1.58. The summed E-state index contributed by atoms with van der Waals surface area (Å²) in [5.74, 6) is -15.9. The Bertz CT molecular complexity index is 2210. The van der Waals surface area contributed by atoms with Crippen LogP contribution in [0.5, 0.6) is 5.75 Å². The highest BCUT2D eigenvalue weighted by atomic mass is 32.2. The van der Waals surface area contributed by atoms with Gasteiger partial charge >= 0.3 is 33.4 Å². The van der Waals surface area contributed by atoms with E-state index in [4.69, 9.17) is 0 Å². The van der Waals surface area contributed by atoms with Gasteiger partial charge in [0.05, 0.1) is 0 Å². The highest BCUT2D eigenvalue weighted by Crippen LogP contribution is 2.55. The zero-order valence-corrected chi connectivity index (χ0v) is 23.2. The molecule has 0 aliphatic heterocycles. The van der Waals surface area contributed by atoms with Crippen molar-refractivity contribution in [2.75, 3.05) is 0 Å². The van der Waals surface area contributed by atoms with E-state index < -0.39 is 39.1 Å². The molecule has 0 heterocycles. The minimum absolute atomic E-state index is 0.153. The first kappa shape index (κ1) is 30.5. The van der Waals surface area contributed by atoms with Crippen molar-refractivity contribution in [2.24, 2.45) is 0 Å². The number of hydrogen-bond acceptors (Lipinski definition) is 3. The molecule has 0 aromatic heterocycles. The Morgan fingerprint density at radius 3 is 1.49 bits per heavy atom. The number of fused-ring (bicyclic) bond motifs is 7. The largest absolute Gasteiger partial charge is 0.460 e. The minimum Gasteiger partial charge on any atom is -0.377 e.